The first kappa shape index (κ1) is 10.2. The molecule has 0 radical (unpaired) electrons. The molecular formula is C6H13BrS2. The summed E-state index contributed by atoms with van der Waals surface area (Å²) >= 11 is 3.30. The van der Waals surface area contributed by atoms with Gasteiger partial charge in [0.1, 0.15) is 0 Å². The molecule has 9 heavy (non-hydrogen) atoms. The smallest absolute Gasteiger partial charge is 0.00452 e. The molecule has 0 saturated carbocycles. The Balaban J connectivity index is 2.60. The van der Waals surface area contributed by atoms with E-state index in [0.717, 1.165) is 0 Å². The molecule has 0 atom stereocenters. The predicted molar refractivity (Wildman–Crippen MR) is 53.1 cm³/mol. The Morgan fingerprint density at radius 1 is 1.22 bits per heavy atom. The van der Waals surface area contributed by atoms with Gasteiger partial charge in [0.25, 0.3) is 0 Å². The van der Waals surface area contributed by atoms with Gasteiger partial charge >= 0.3 is 0 Å². The van der Waals surface area contributed by atoms with E-state index in [-0.39, 0.29) is 0 Å². The van der Waals surface area contributed by atoms with Gasteiger partial charge in [-0.3, -0.25) is 0 Å². The summed E-state index contributed by atoms with van der Waals surface area (Å²) < 4.78 is 0. The Kier molecular flexibility index (Phi) is 10.4. The van der Waals surface area contributed by atoms with Gasteiger partial charge in [0.15, 0.2) is 0 Å². The average Bonchev–Trinajstić information content (AvgIpc) is 1.89. The minimum atomic E-state index is 1.29. The fourth-order valence-electron chi connectivity index (χ4n) is 0.619. The quantitative estimate of drug-likeness (QED) is 0.493. The van der Waals surface area contributed by atoms with E-state index in [9.17, 15) is 0 Å². The highest BCUT2D eigenvalue weighted by Gasteiger charge is 1.87. The molecule has 0 aliphatic rings. The van der Waals surface area contributed by atoms with Crippen LogP contribution >= 0.6 is 34.8 Å². The van der Waals surface area contributed by atoms with Crippen LogP contribution in [0.3, 0.4) is 0 Å². The highest BCUT2D eigenvalue weighted by molar-refractivity contribution is 9.60. The molecule has 0 heterocycles. The lowest BCUT2D eigenvalue weighted by atomic mass is 10.2. The van der Waals surface area contributed by atoms with Crippen LogP contribution in [0.1, 0.15) is 32.6 Å². The molecule has 0 nitrogen and oxygen atoms in total. The topological polar surface area (TPSA) is 0 Å². The Morgan fingerprint density at radius 3 is 2.56 bits per heavy atom. The molecule has 0 aromatic heterocycles. The van der Waals surface area contributed by atoms with Gasteiger partial charge in [-0.05, 0) is 15.6 Å². The second kappa shape index (κ2) is 9.18. The molecule has 0 fully saturated rings. The first-order valence-corrected chi connectivity index (χ1v) is 7.48. The normalized spacial score (nSPS) is 10.0. The lowest BCUT2D eigenvalue weighted by molar-refractivity contribution is 0.707. The van der Waals surface area contributed by atoms with Crippen LogP contribution in [0.25, 0.3) is 0 Å². The minimum Gasteiger partial charge on any atom is -0.0820 e. The first-order chi connectivity index (χ1) is 4.41. The monoisotopic (exact) mass is 228 g/mol. The highest BCUT2D eigenvalue weighted by Crippen LogP contribution is 2.28. The van der Waals surface area contributed by atoms with Crippen molar-refractivity contribution in [3.8, 4) is 0 Å². The molecule has 0 bridgehead atoms. The zero-order chi connectivity index (χ0) is 6.95. The first-order valence-electron chi connectivity index (χ1n) is 3.32. The summed E-state index contributed by atoms with van der Waals surface area (Å²) in [5.41, 5.74) is 0. The fourth-order valence-corrected chi connectivity index (χ4v) is 2.74. The summed E-state index contributed by atoms with van der Waals surface area (Å²) in [7, 11) is 3.58. The van der Waals surface area contributed by atoms with Crippen LogP contribution in [0.5, 0.6) is 0 Å². The molecule has 0 rings (SSSR count). The molecular weight excluding hydrogens is 216 g/mol. The van der Waals surface area contributed by atoms with Crippen molar-refractivity contribution in [1.82, 2.24) is 0 Å². The molecule has 0 amide bonds. The van der Waals surface area contributed by atoms with E-state index in [1.807, 2.05) is 10.8 Å². The highest BCUT2D eigenvalue weighted by atomic mass is 79.9. The van der Waals surface area contributed by atoms with E-state index >= 15 is 0 Å². The zero-order valence-electron chi connectivity index (χ0n) is 5.73. The molecule has 0 spiro atoms. The molecule has 0 saturated heterocycles. The molecule has 0 unspecified atom stereocenters. The van der Waals surface area contributed by atoms with Gasteiger partial charge in [0.05, 0.1) is 0 Å². The summed E-state index contributed by atoms with van der Waals surface area (Å²) in [6.07, 6.45) is 5.51. The van der Waals surface area contributed by atoms with Crippen LogP contribution in [0.2, 0.25) is 0 Å². The van der Waals surface area contributed by atoms with E-state index in [2.05, 4.69) is 21.7 Å². The van der Waals surface area contributed by atoms with Crippen LogP contribution in [-0.4, -0.2) is 5.75 Å². The van der Waals surface area contributed by atoms with Gasteiger partial charge in [-0.25, -0.2) is 0 Å². The summed E-state index contributed by atoms with van der Waals surface area (Å²) in [5.74, 6) is 1.29. The van der Waals surface area contributed by atoms with Crippen LogP contribution in [-0.2, 0) is 0 Å². The number of unbranched alkanes of at least 4 members (excludes halogenated alkanes) is 3. The van der Waals surface area contributed by atoms with Crippen molar-refractivity contribution in [3.63, 3.8) is 0 Å². The Hall–Kier alpha value is 1.18. The largest absolute Gasteiger partial charge is 0.0820 e. The van der Waals surface area contributed by atoms with E-state index < -0.39 is 0 Å². The van der Waals surface area contributed by atoms with Crippen molar-refractivity contribution in [2.45, 2.75) is 32.6 Å². The Morgan fingerprint density at radius 2 is 2.00 bits per heavy atom. The van der Waals surface area contributed by atoms with E-state index in [1.54, 1.807) is 9.23 Å². The maximum absolute atomic E-state index is 3.30. The number of hydrogen-bond acceptors (Lipinski definition) is 2. The summed E-state index contributed by atoms with van der Waals surface area (Å²) in [5, 5.41) is 0. The third-order valence-electron chi connectivity index (χ3n) is 1.13. The summed E-state index contributed by atoms with van der Waals surface area (Å²) in [4.78, 5) is 0. The van der Waals surface area contributed by atoms with Gasteiger partial charge in [0.2, 0.25) is 0 Å². The average molecular weight is 229 g/mol. The van der Waals surface area contributed by atoms with Crippen molar-refractivity contribution in [2.75, 3.05) is 5.75 Å². The van der Waals surface area contributed by atoms with Gasteiger partial charge in [-0.2, -0.15) is 0 Å². The molecule has 56 valence electrons. The molecule has 3 heteroatoms. The molecule has 0 N–H and O–H groups in total. The van der Waals surface area contributed by atoms with Crippen molar-refractivity contribution >= 4 is 34.8 Å². The van der Waals surface area contributed by atoms with Crippen molar-refractivity contribution < 1.29 is 0 Å². The van der Waals surface area contributed by atoms with E-state index in [4.69, 9.17) is 0 Å². The molecule has 0 aliphatic carbocycles. The van der Waals surface area contributed by atoms with E-state index in [1.165, 1.54) is 31.4 Å². The maximum Gasteiger partial charge on any atom is 0.00452 e. The fraction of sp³-hybridized carbons (Fsp3) is 1.00. The number of hydrogen-bond donors (Lipinski definition) is 0. The molecule has 0 aromatic carbocycles. The van der Waals surface area contributed by atoms with Crippen LogP contribution < -0.4 is 0 Å². The van der Waals surface area contributed by atoms with Crippen molar-refractivity contribution in [2.24, 2.45) is 0 Å². The minimum absolute atomic E-state index is 1.29. The summed E-state index contributed by atoms with van der Waals surface area (Å²) in [6, 6.07) is 0. The SMILES string of the molecule is CCCCCCSSBr. The van der Waals surface area contributed by atoms with Crippen LogP contribution in [0.4, 0.5) is 0 Å². The third-order valence-corrected chi connectivity index (χ3v) is 4.12. The summed E-state index contributed by atoms with van der Waals surface area (Å²) in [6.45, 7) is 2.24. The van der Waals surface area contributed by atoms with Crippen molar-refractivity contribution in [3.05, 3.63) is 0 Å². The lowest BCUT2D eigenvalue weighted by Gasteiger charge is -1.94. The zero-order valence-corrected chi connectivity index (χ0v) is 8.95. The van der Waals surface area contributed by atoms with Gasteiger partial charge in [-0.15, -0.1) is 0 Å². The second-order valence-electron chi connectivity index (χ2n) is 1.95. The Bertz CT molecular complexity index is 44.3. The predicted octanol–water partition coefficient (Wildman–Crippen LogP) is 4.26. The lowest BCUT2D eigenvalue weighted by Crippen LogP contribution is -1.76. The van der Waals surface area contributed by atoms with Gasteiger partial charge in [0, 0.05) is 20.6 Å². The van der Waals surface area contributed by atoms with Crippen LogP contribution in [0.15, 0.2) is 0 Å². The second-order valence-corrected chi connectivity index (χ2v) is 6.18. The van der Waals surface area contributed by atoms with Crippen molar-refractivity contribution in [1.29, 1.82) is 0 Å². The third kappa shape index (κ3) is 9.18. The van der Waals surface area contributed by atoms with Gasteiger partial charge < -0.3 is 0 Å². The molecule has 0 aliphatic heterocycles. The maximum atomic E-state index is 3.30. The van der Waals surface area contributed by atoms with Gasteiger partial charge in [-0.1, -0.05) is 37.0 Å². The Labute approximate surface area is 73.2 Å². The van der Waals surface area contributed by atoms with E-state index in [0.29, 0.717) is 0 Å². The standard InChI is InChI=1S/C6H13BrS2/c1-2-3-4-5-6-8-9-7/h2-6H2,1H3. The number of halogens is 1. The molecule has 0 aromatic rings. The van der Waals surface area contributed by atoms with Crippen LogP contribution in [0, 0.1) is 0 Å². The number of rotatable bonds is 6.